The SMILES string of the molecule is Nc1cc(F)c(-c2c(F)cccc2F)nc1C(=O)Cc1cnccc1C1=C[C@@H](O)[C@H](O)[C@@H](CCl)O1. The molecule has 1 aliphatic heterocycles. The Morgan fingerprint density at radius 2 is 1.86 bits per heavy atom. The fraction of sp³-hybridized carbons (Fsp3) is 0.208. The van der Waals surface area contributed by atoms with Crippen LogP contribution < -0.4 is 5.73 Å². The van der Waals surface area contributed by atoms with Gasteiger partial charge in [0.15, 0.2) is 11.6 Å². The van der Waals surface area contributed by atoms with E-state index >= 15 is 0 Å². The number of nitrogen functional groups attached to an aromatic ring is 1. The number of nitrogens with two attached hydrogens (primary N) is 1. The van der Waals surface area contributed by atoms with Gasteiger partial charge in [-0.15, -0.1) is 11.6 Å². The summed E-state index contributed by atoms with van der Waals surface area (Å²) in [5.74, 6) is -3.80. The highest BCUT2D eigenvalue weighted by Crippen LogP contribution is 2.31. The lowest BCUT2D eigenvalue weighted by atomic mass is 9.97. The molecule has 0 fully saturated rings. The number of aromatic nitrogens is 2. The molecule has 1 aromatic carbocycles. The van der Waals surface area contributed by atoms with Gasteiger partial charge in [-0.1, -0.05) is 6.07 Å². The summed E-state index contributed by atoms with van der Waals surface area (Å²) in [5.41, 5.74) is 4.43. The number of aliphatic hydroxyl groups is 2. The summed E-state index contributed by atoms with van der Waals surface area (Å²) in [5, 5.41) is 20.1. The highest BCUT2D eigenvalue weighted by molar-refractivity contribution is 6.18. The molecule has 0 saturated carbocycles. The maximum Gasteiger partial charge on any atom is 0.187 e. The third-order valence-electron chi connectivity index (χ3n) is 5.47. The average molecular weight is 506 g/mol. The Balaban J connectivity index is 1.70. The van der Waals surface area contributed by atoms with Crippen LogP contribution in [0.15, 0.2) is 48.8 Å². The molecule has 0 radical (unpaired) electrons. The molecule has 1 aliphatic rings. The fourth-order valence-electron chi connectivity index (χ4n) is 3.71. The fourth-order valence-corrected chi connectivity index (χ4v) is 3.96. The van der Waals surface area contributed by atoms with Gasteiger partial charge in [0.1, 0.15) is 47.1 Å². The highest BCUT2D eigenvalue weighted by atomic mass is 35.5. The van der Waals surface area contributed by atoms with Crippen molar-refractivity contribution in [2.24, 2.45) is 0 Å². The summed E-state index contributed by atoms with van der Waals surface area (Å²) in [6.45, 7) is 0. The summed E-state index contributed by atoms with van der Waals surface area (Å²) in [4.78, 5) is 21.0. The van der Waals surface area contributed by atoms with Crippen LogP contribution in [0.25, 0.3) is 17.0 Å². The van der Waals surface area contributed by atoms with Crippen LogP contribution >= 0.6 is 11.6 Å². The molecule has 182 valence electrons. The predicted molar refractivity (Wildman–Crippen MR) is 122 cm³/mol. The Bertz CT molecular complexity index is 1300. The maximum atomic E-state index is 14.5. The molecular weight excluding hydrogens is 487 g/mol. The number of ketones is 1. The quantitative estimate of drug-likeness (QED) is 0.347. The van der Waals surface area contributed by atoms with E-state index in [-0.39, 0.29) is 29.4 Å². The number of carbonyl (C=O) groups is 1. The van der Waals surface area contributed by atoms with Gasteiger partial charge in [0.05, 0.1) is 17.1 Å². The van der Waals surface area contributed by atoms with Crippen LogP contribution in [0.2, 0.25) is 0 Å². The second-order valence-electron chi connectivity index (χ2n) is 7.81. The number of benzene rings is 1. The summed E-state index contributed by atoms with van der Waals surface area (Å²) in [7, 11) is 0. The number of rotatable bonds is 6. The topological polar surface area (TPSA) is 119 Å². The highest BCUT2D eigenvalue weighted by Gasteiger charge is 2.33. The molecule has 0 bridgehead atoms. The monoisotopic (exact) mass is 505 g/mol. The van der Waals surface area contributed by atoms with Crippen molar-refractivity contribution in [3.63, 3.8) is 0 Å². The van der Waals surface area contributed by atoms with Crippen molar-refractivity contribution < 1.29 is 32.9 Å². The zero-order valence-electron chi connectivity index (χ0n) is 18.0. The summed E-state index contributed by atoms with van der Waals surface area (Å²) in [6.07, 6.45) is 0.370. The van der Waals surface area contributed by atoms with E-state index in [0.717, 1.165) is 24.3 Å². The van der Waals surface area contributed by atoms with Gasteiger partial charge >= 0.3 is 0 Å². The maximum absolute atomic E-state index is 14.5. The number of alkyl halides is 1. The Morgan fingerprint density at radius 1 is 1.14 bits per heavy atom. The van der Waals surface area contributed by atoms with E-state index in [9.17, 15) is 28.2 Å². The number of anilines is 1. The van der Waals surface area contributed by atoms with E-state index in [0.29, 0.717) is 11.1 Å². The smallest absolute Gasteiger partial charge is 0.187 e. The Labute approximate surface area is 202 Å². The van der Waals surface area contributed by atoms with Crippen LogP contribution in [0.1, 0.15) is 21.6 Å². The zero-order valence-corrected chi connectivity index (χ0v) is 18.7. The molecule has 0 aliphatic carbocycles. The molecule has 0 unspecified atom stereocenters. The molecule has 2 aromatic heterocycles. The number of halogens is 4. The molecule has 0 spiro atoms. The summed E-state index contributed by atoms with van der Waals surface area (Å²) in [6, 6.07) is 5.31. The van der Waals surface area contributed by atoms with E-state index in [4.69, 9.17) is 22.1 Å². The molecule has 3 atom stereocenters. The van der Waals surface area contributed by atoms with Gasteiger partial charge < -0.3 is 20.7 Å². The predicted octanol–water partition coefficient (Wildman–Crippen LogP) is 3.27. The van der Waals surface area contributed by atoms with Crippen LogP contribution in [-0.4, -0.2) is 50.2 Å². The van der Waals surface area contributed by atoms with Gasteiger partial charge in [-0.25, -0.2) is 18.2 Å². The first-order valence-electron chi connectivity index (χ1n) is 10.4. The first-order valence-corrected chi connectivity index (χ1v) is 10.9. The van der Waals surface area contributed by atoms with Crippen LogP contribution in [0.5, 0.6) is 0 Å². The first kappa shape index (κ1) is 24.6. The number of ether oxygens (including phenoxy) is 1. The Morgan fingerprint density at radius 3 is 2.54 bits per heavy atom. The van der Waals surface area contributed by atoms with Crippen molar-refractivity contribution in [1.82, 2.24) is 9.97 Å². The second kappa shape index (κ2) is 10.0. The van der Waals surface area contributed by atoms with Gasteiger partial charge in [0.2, 0.25) is 0 Å². The third-order valence-corrected chi connectivity index (χ3v) is 5.78. The van der Waals surface area contributed by atoms with Crippen molar-refractivity contribution in [2.75, 3.05) is 11.6 Å². The number of Topliss-reactive ketones (excluding diaryl/α,β-unsaturated/α-hetero) is 1. The molecule has 4 rings (SSSR count). The van der Waals surface area contributed by atoms with Gasteiger partial charge in [-0.2, -0.15) is 0 Å². The second-order valence-corrected chi connectivity index (χ2v) is 8.12. The van der Waals surface area contributed by atoms with Crippen molar-refractivity contribution in [3.8, 4) is 11.3 Å². The van der Waals surface area contributed by atoms with Gasteiger partial charge in [-0.05, 0) is 29.8 Å². The van der Waals surface area contributed by atoms with Crippen LogP contribution in [0.4, 0.5) is 18.9 Å². The van der Waals surface area contributed by atoms with Crippen molar-refractivity contribution in [1.29, 1.82) is 0 Å². The lowest BCUT2D eigenvalue weighted by Gasteiger charge is -2.31. The van der Waals surface area contributed by atoms with Gasteiger partial charge in [-0.3, -0.25) is 9.78 Å². The minimum absolute atomic E-state index is 0.0969. The number of hydrogen-bond acceptors (Lipinski definition) is 7. The summed E-state index contributed by atoms with van der Waals surface area (Å²) >= 11 is 5.82. The van der Waals surface area contributed by atoms with E-state index in [1.54, 1.807) is 0 Å². The average Bonchev–Trinajstić information content (AvgIpc) is 2.82. The number of carbonyl (C=O) groups excluding carboxylic acids is 1. The van der Waals surface area contributed by atoms with Crippen LogP contribution in [0, 0.1) is 17.5 Å². The lowest BCUT2D eigenvalue weighted by Crippen LogP contribution is -2.42. The molecular formula is C24H19ClF3N3O4. The van der Waals surface area contributed by atoms with Gasteiger partial charge in [0, 0.05) is 30.4 Å². The van der Waals surface area contributed by atoms with Gasteiger partial charge in [0.25, 0.3) is 0 Å². The molecule has 0 saturated heterocycles. The molecule has 3 aromatic rings. The zero-order chi connectivity index (χ0) is 25.3. The standard InChI is InChI=1S/C24H19ClF3N3O4/c25-9-20-24(34)18(33)8-19(35-20)12-4-5-30-10-11(12)6-17(32)23-16(29)7-15(28)22(31-23)21-13(26)2-1-3-14(21)27/h1-5,7-8,10,18,20,24,33-34H,6,9,29H2/t18-,20-,24+/m1/s1. The number of nitrogens with zero attached hydrogens (tertiary/aromatic N) is 2. The van der Waals surface area contributed by atoms with Crippen molar-refractivity contribution in [3.05, 3.63) is 83.1 Å². The number of hydrogen-bond donors (Lipinski definition) is 3. The molecule has 3 heterocycles. The van der Waals surface area contributed by atoms with E-state index in [1.807, 2.05) is 0 Å². The summed E-state index contributed by atoms with van der Waals surface area (Å²) < 4.78 is 48.7. The number of aliphatic hydroxyl groups excluding tert-OH is 2. The Kier molecular flexibility index (Phi) is 7.06. The normalized spacial score (nSPS) is 19.7. The lowest BCUT2D eigenvalue weighted by molar-refractivity contribution is -0.0442. The largest absolute Gasteiger partial charge is 0.486 e. The Hall–Kier alpha value is -3.47. The minimum atomic E-state index is -1.26. The van der Waals surface area contributed by atoms with Crippen molar-refractivity contribution >= 4 is 28.8 Å². The van der Waals surface area contributed by atoms with Crippen LogP contribution in [-0.2, 0) is 11.2 Å². The van der Waals surface area contributed by atoms with E-state index in [1.165, 1.54) is 24.5 Å². The molecule has 0 amide bonds. The first-order chi connectivity index (χ1) is 16.7. The minimum Gasteiger partial charge on any atom is -0.486 e. The molecule has 4 N–H and O–H groups in total. The number of pyridine rings is 2. The van der Waals surface area contributed by atoms with Crippen LogP contribution in [0.3, 0.4) is 0 Å². The third kappa shape index (κ3) is 4.86. The molecule has 7 nitrogen and oxygen atoms in total. The van der Waals surface area contributed by atoms with E-state index < -0.39 is 52.8 Å². The van der Waals surface area contributed by atoms with Crippen molar-refractivity contribution in [2.45, 2.75) is 24.7 Å². The molecule has 11 heteroatoms. The molecule has 35 heavy (non-hydrogen) atoms. The van der Waals surface area contributed by atoms with E-state index in [2.05, 4.69) is 9.97 Å².